The van der Waals surface area contributed by atoms with Crippen molar-refractivity contribution < 1.29 is 4.74 Å². The highest BCUT2D eigenvalue weighted by atomic mass is 16.5. The van der Waals surface area contributed by atoms with Crippen LogP contribution in [0.3, 0.4) is 0 Å². The highest BCUT2D eigenvalue weighted by Gasteiger charge is 1.96. The average Bonchev–Trinajstić information content (AvgIpc) is 2.34. The van der Waals surface area contributed by atoms with Crippen LogP contribution in [0.1, 0.15) is 11.3 Å². The normalized spacial score (nSPS) is 10.2. The summed E-state index contributed by atoms with van der Waals surface area (Å²) < 4.78 is 5.61. The van der Waals surface area contributed by atoms with Crippen LogP contribution in [0.5, 0.6) is 5.75 Å². The largest absolute Gasteiger partial charge is 0.493 e. The van der Waals surface area contributed by atoms with Crippen LogP contribution >= 0.6 is 0 Å². The second kappa shape index (κ2) is 5.34. The average molecular weight is 228 g/mol. The second-order valence-electron chi connectivity index (χ2n) is 3.98. The molecule has 17 heavy (non-hydrogen) atoms. The Morgan fingerprint density at radius 1 is 1.12 bits per heavy atom. The van der Waals surface area contributed by atoms with E-state index in [1.54, 1.807) is 0 Å². The van der Waals surface area contributed by atoms with E-state index in [0.29, 0.717) is 6.61 Å². The lowest BCUT2D eigenvalue weighted by molar-refractivity contribution is 0.322. The van der Waals surface area contributed by atoms with Crippen molar-refractivity contribution in [2.45, 2.75) is 13.3 Å². The number of hydrogen-bond donors (Lipinski definition) is 1. The van der Waals surface area contributed by atoms with E-state index in [1.807, 2.05) is 43.5 Å². The summed E-state index contributed by atoms with van der Waals surface area (Å²) in [5.74, 6) is 0.847. The highest BCUT2D eigenvalue weighted by molar-refractivity contribution is 5.41. The van der Waals surface area contributed by atoms with Crippen LogP contribution in [0.2, 0.25) is 0 Å². The van der Waals surface area contributed by atoms with Crippen LogP contribution in [-0.4, -0.2) is 11.6 Å². The Balaban J connectivity index is 1.83. The molecule has 1 aromatic heterocycles. The number of hydrogen-bond acceptors (Lipinski definition) is 3. The second-order valence-corrected chi connectivity index (χ2v) is 3.98. The van der Waals surface area contributed by atoms with Crippen molar-refractivity contribution in [3.05, 3.63) is 53.9 Å². The Hall–Kier alpha value is -2.03. The van der Waals surface area contributed by atoms with Gasteiger partial charge in [-0.1, -0.05) is 6.07 Å². The topological polar surface area (TPSA) is 48.1 Å². The zero-order chi connectivity index (χ0) is 12.1. The zero-order valence-electron chi connectivity index (χ0n) is 9.89. The minimum atomic E-state index is 0.647. The predicted octanol–water partition coefficient (Wildman–Crippen LogP) is 2.59. The summed E-state index contributed by atoms with van der Waals surface area (Å²) in [6.45, 7) is 2.63. The summed E-state index contributed by atoms with van der Waals surface area (Å²) in [6.07, 6.45) is 2.75. The van der Waals surface area contributed by atoms with Crippen molar-refractivity contribution in [3.63, 3.8) is 0 Å². The molecular weight excluding hydrogens is 212 g/mol. The van der Waals surface area contributed by atoms with E-state index in [2.05, 4.69) is 11.1 Å². The third kappa shape index (κ3) is 3.48. The Morgan fingerprint density at radius 2 is 1.88 bits per heavy atom. The third-order valence-electron chi connectivity index (χ3n) is 2.51. The Labute approximate surface area is 101 Å². The van der Waals surface area contributed by atoms with Gasteiger partial charge in [-0.25, -0.2) is 0 Å². The molecular formula is C14H16N2O. The summed E-state index contributed by atoms with van der Waals surface area (Å²) in [7, 11) is 0. The molecule has 0 radical (unpaired) electrons. The number of pyridine rings is 1. The highest BCUT2D eigenvalue weighted by Crippen LogP contribution is 2.13. The van der Waals surface area contributed by atoms with Crippen molar-refractivity contribution in [2.24, 2.45) is 0 Å². The summed E-state index contributed by atoms with van der Waals surface area (Å²) in [5, 5.41) is 0. The lowest BCUT2D eigenvalue weighted by atomic mass is 10.2. The smallest absolute Gasteiger partial charge is 0.119 e. The number of nitrogens with zero attached hydrogens (tertiary/aromatic N) is 1. The van der Waals surface area contributed by atoms with E-state index in [1.165, 1.54) is 5.56 Å². The quantitative estimate of drug-likeness (QED) is 0.818. The molecule has 1 aromatic carbocycles. The first kappa shape index (κ1) is 11.5. The van der Waals surface area contributed by atoms with Gasteiger partial charge in [-0.2, -0.15) is 0 Å². The van der Waals surface area contributed by atoms with Gasteiger partial charge in [-0.3, -0.25) is 4.98 Å². The molecule has 2 N–H and O–H groups in total. The fourth-order valence-corrected chi connectivity index (χ4v) is 1.50. The zero-order valence-corrected chi connectivity index (χ0v) is 9.89. The van der Waals surface area contributed by atoms with Gasteiger partial charge in [0.25, 0.3) is 0 Å². The molecule has 1 heterocycles. The van der Waals surface area contributed by atoms with Crippen LogP contribution < -0.4 is 10.5 Å². The van der Waals surface area contributed by atoms with Gasteiger partial charge < -0.3 is 10.5 Å². The SMILES string of the molecule is Cc1ccc(CCOc2ccc(N)cc2)cn1. The van der Waals surface area contributed by atoms with Crippen LogP contribution in [0.4, 0.5) is 5.69 Å². The lowest BCUT2D eigenvalue weighted by Gasteiger charge is -2.06. The molecule has 0 amide bonds. The summed E-state index contributed by atoms with van der Waals surface area (Å²) >= 11 is 0. The maximum atomic E-state index is 5.61. The van der Waals surface area contributed by atoms with Gasteiger partial charge in [0, 0.05) is 24.0 Å². The molecule has 0 fully saturated rings. The first-order chi connectivity index (χ1) is 8.24. The number of benzene rings is 1. The van der Waals surface area contributed by atoms with Crippen molar-refractivity contribution in [3.8, 4) is 5.75 Å². The molecule has 0 unspecified atom stereocenters. The van der Waals surface area contributed by atoms with E-state index in [-0.39, 0.29) is 0 Å². The molecule has 2 aromatic rings. The van der Waals surface area contributed by atoms with Crippen molar-refractivity contribution in [2.75, 3.05) is 12.3 Å². The maximum absolute atomic E-state index is 5.61. The molecule has 0 aliphatic heterocycles. The molecule has 2 rings (SSSR count). The van der Waals surface area contributed by atoms with Gasteiger partial charge in [-0.15, -0.1) is 0 Å². The maximum Gasteiger partial charge on any atom is 0.119 e. The van der Waals surface area contributed by atoms with E-state index in [0.717, 1.165) is 23.6 Å². The van der Waals surface area contributed by atoms with Gasteiger partial charge in [-0.05, 0) is 42.8 Å². The minimum Gasteiger partial charge on any atom is -0.493 e. The molecule has 3 heteroatoms. The molecule has 0 saturated heterocycles. The Bertz CT molecular complexity index is 417. The van der Waals surface area contributed by atoms with Gasteiger partial charge in [0.2, 0.25) is 0 Å². The first-order valence-corrected chi connectivity index (χ1v) is 5.64. The summed E-state index contributed by atoms with van der Waals surface area (Å²) in [4.78, 5) is 4.24. The molecule has 0 bridgehead atoms. The predicted molar refractivity (Wildman–Crippen MR) is 69.0 cm³/mol. The van der Waals surface area contributed by atoms with Gasteiger partial charge in [0.05, 0.1) is 6.61 Å². The molecule has 0 atom stereocenters. The fourth-order valence-electron chi connectivity index (χ4n) is 1.50. The van der Waals surface area contributed by atoms with E-state index >= 15 is 0 Å². The molecule has 0 aliphatic rings. The molecule has 0 aliphatic carbocycles. The van der Waals surface area contributed by atoms with Crippen LogP contribution in [-0.2, 0) is 6.42 Å². The molecule has 0 spiro atoms. The Morgan fingerprint density at radius 3 is 2.53 bits per heavy atom. The monoisotopic (exact) mass is 228 g/mol. The molecule has 88 valence electrons. The van der Waals surface area contributed by atoms with Crippen molar-refractivity contribution in [1.82, 2.24) is 4.98 Å². The van der Waals surface area contributed by atoms with Crippen LogP contribution in [0.25, 0.3) is 0 Å². The third-order valence-corrected chi connectivity index (χ3v) is 2.51. The van der Waals surface area contributed by atoms with Crippen LogP contribution in [0.15, 0.2) is 42.6 Å². The molecule has 3 nitrogen and oxygen atoms in total. The number of aromatic nitrogens is 1. The lowest BCUT2D eigenvalue weighted by Crippen LogP contribution is -2.01. The fraction of sp³-hybridized carbons (Fsp3) is 0.214. The number of aryl methyl sites for hydroxylation is 1. The van der Waals surface area contributed by atoms with Gasteiger partial charge >= 0.3 is 0 Å². The Kier molecular flexibility index (Phi) is 3.60. The van der Waals surface area contributed by atoms with E-state index in [4.69, 9.17) is 10.5 Å². The first-order valence-electron chi connectivity index (χ1n) is 5.64. The summed E-state index contributed by atoms with van der Waals surface area (Å²) in [5.41, 5.74) is 8.57. The number of nitrogens with two attached hydrogens (primary N) is 1. The van der Waals surface area contributed by atoms with Gasteiger partial charge in [0.1, 0.15) is 5.75 Å². The standard InChI is InChI=1S/C14H16N2O/c1-11-2-3-12(10-16-11)8-9-17-14-6-4-13(15)5-7-14/h2-7,10H,8-9,15H2,1H3. The van der Waals surface area contributed by atoms with E-state index < -0.39 is 0 Å². The number of anilines is 1. The van der Waals surface area contributed by atoms with Crippen molar-refractivity contribution >= 4 is 5.69 Å². The number of nitrogen functional groups attached to an aromatic ring is 1. The van der Waals surface area contributed by atoms with Gasteiger partial charge in [0.15, 0.2) is 0 Å². The number of rotatable bonds is 4. The molecule has 0 saturated carbocycles. The van der Waals surface area contributed by atoms with Crippen molar-refractivity contribution in [1.29, 1.82) is 0 Å². The summed E-state index contributed by atoms with van der Waals surface area (Å²) in [6, 6.07) is 11.5. The number of ether oxygens (including phenoxy) is 1. The minimum absolute atomic E-state index is 0.647. The van der Waals surface area contributed by atoms with Crippen LogP contribution in [0, 0.1) is 6.92 Å². The van der Waals surface area contributed by atoms with E-state index in [9.17, 15) is 0 Å².